The van der Waals surface area contributed by atoms with E-state index in [1.54, 1.807) is 18.3 Å². The number of aromatic nitrogens is 2. The number of morpholine rings is 1. The molecule has 1 aliphatic carbocycles. The minimum absolute atomic E-state index is 0.121. The molecule has 1 saturated heterocycles. The molecule has 4 rings (SSSR count). The van der Waals surface area contributed by atoms with E-state index < -0.39 is 0 Å². The molecular formula is C16H19N3O3S. The van der Waals surface area contributed by atoms with Gasteiger partial charge in [-0.2, -0.15) is 0 Å². The minimum Gasteiger partial charge on any atom is -0.423 e. The summed E-state index contributed by atoms with van der Waals surface area (Å²) in [6, 6.07) is 2.13. The lowest BCUT2D eigenvalue weighted by Gasteiger charge is -2.31. The van der Waals surface area contributed by atoms with Crippen LogP contribution in [0.2, 0.25) is 0 Å². The zero-order valence-corrected chi connectivity index (χ0v) is 14.0. The van der Waals surface area contributed by atoms with Crippen LogP contribution in [0, 0.1) is 19.8 Å². The summed E-state index contributed by atoms with van der Waals surface area (Å²) in [5.41, 5.74) is 1.30. The quantitative estimate of drug-likeness (QED) is 0.863. The van der Waals surface area contributed by atoms with Crippen molar-refractivity contribution in [2.45, 2.75) is 32.3 Å². The highest BCUT2D eigenvalue weighted by Crippen LogP contribution is 2.51. The largest absolute Gasteiger partial charge is 0.423 e. The van der Waals surface area contributed by atoms with E-state index in [4.69, 9.17) is 9.15 Å². The van der Waals surface area contributed by atoms with Gasteiger partial charge in [0.15, 0.2) is 6.10 Å². The average molecular weight is 333 g/mol. The van der Waals surface area contributed by atoms with Crippen LogP contribution < -0.4 is 0 Å². The van der Waals surface area contributed by atoms with Gasteiger partial charge in [-0.25, -0.2) is 0 Å². The summed E-state index contributed by atoms with van der Waals surface area (Å²) in [6.07, 6.45) is 0.650. The monoisotopic (exact) mass is 333 g/mol. The molecule has 2 aliphatic rings. The molecule has 0 spiro atoms. The number of thiophene rings is 1. The molecule has 122 valence electrons. The van der Waals surface area contributed by atoms with Crippen molar-refractivity contribution < 1.29 is 13.9 Å². The van der Waals surface area contributed by atoms with Gasteiger partial charge in [-0.1, -0.05) is 0 Å². The minimum atomic E-state index is -0.311. The highest BCUT2D eigenvalue weighted by Gasteiger charge is 2.47. The predicted octanol–water partition coefficient (Wildman–Crippen LogP) is 2.45. The predicted molar refractivity (Wildman–Crippen MR) is 84.2 cm³/mol. The summed E-state index contributed by atoms with van der Waals surface area (Å²) in [5.74, 6) is 1.72. The highest BCUT2D eigenvalue weighted by atomic mass is 32.1. The van der Waals surface area contributed by atoms with Gasteiger partial charge >= 0.3 is 0 Å². The van der Waals surface area contributed by atoms with E-state index in [9.17, 15) is 4.79 Å². The standard InChI is InChI=1S/C16H19N3O3S/c1-9-3-6-23-14(9)11-7-12(11)16(20)19-4-5-21-13(8-19)15-18-17-10(2)22-15/h3,6,11-13H,4-5,7-8H2,1-2H3/t11-,12+,13-/m0/s1. The third-order valence-corrected chi connectivity index (χ3v) is 5.69. The van der Waals surface area contributed by atoms with Crippen molar-refractivity contribution in [2.75, 3.05) is 19.7 Å². The van der Waals surface area contributed by atoms with Crippen molar-refractivity contribution in [3.05, 3.63) is 33.7 Å². The van der Waals surface area contributed by atoms with Crippen molar-refractivity contribution in [3.8, 4) is 0 Å². The lowest BCUT2D eigenvalue weighted by Crippen LogP contribution is -2.43. The summed E-state index contributed by atoms with van der Waals surface area (Å²) in [6.45, 7) is 5.50. The first-order valence-corrected chi connectivity index (χ1v) is 8.76. The number of ether oxygens (including phenoxy) is 1. The zero-order chi connectivity index (χ0) is 16.0. The van der Waals surface area contributed by atoms with Crippen LogP contribution >= 0.6 is 11.3 Å². The van der Waals surface area contributed by atoms with Crippen molar-refractivity contribution in [1.29, 1.82) is 0 Å². The van der Waals surface area contributed by atoms with Crippen LogP contribution in [0.4, 0.5) is 0 Å². The SMILES string of the molecule is Cc1nnc([C@@H]2CN(C(=O)[C@@H]3C[C@@H]3c3sccc3C)CCO2)o1. The van der Waals surface area contributed by atoms with Crippen molar-refractivity contribution in [1.82, 2.24) is 15.1 Å². The number of hydrogen-bond donors (Lipinski definition) is 0. The van der Waals surface area contributed by atoms with Crippen molar-refractivity contribution in [3.63, 3.8) is 0 Å². The fourth-order valence-corrected chi connectivity index (χ4v) is 4.31. The highest BCUT2D eigenvalue weighted by molar-refractivity contribution is 7.10. The molecule has 3 atom stereocenters. The molecule has 2 aromatic rings. The molecule has 2 fully saturated rings. The smallest absolute Gasteiger partial charge is 0.246 e. The Morgan fingerprint density at radius 1 is 1.39 bits per heavy atom. The Balaban J connectivity index is 1.42. The third-order valence-electron chi connectivity index (χ3n) is 4.54. The van der Waals surface area contributed by atoms with E-state index in [1.165, 1.54) is 10.4 Å². The van der Waals surface area contributed by atoms with Gasteiger partial charge in [0.05, 0.1) is 13.2 Å². The topological polar surface area (TPSA) is 68.5 Å². The van der Waals surface area contributed by atoms with E-state index >= 15 is 0 Å². The van der Waals surface area contributed by atoms with Crippen LogP contribution in [-0.2, 0) is 9.53 Å². The van der Waals surface area contributed by atoms with Gasteiger partial charge in [-0.05, 0) is 30.4 Å². The molecule has 6 nitrogen and oxygen atoms in total. The van der Waals surface area contributed by atoms with E-state index in [0.29, 0.717) is 37.4 Å². The number of carbonyl (C=O) groups is 1. The molecule has 0 bridgehead atoms. The normalized spacial score (nSPS) is 27.2. The molecule has 7 heteroatoms. The van der Waals surface area contributed by atoms with Gasteiger partial charge in [0.25, 0.3) is 0 Å². The molecule has 0 unspecified atom stereocenters. The molecule has 1 saturated carbocycles. The van der Waals surface area contributed by atoms with E-state index in [2.05, 4.69) is 28.6 Å². The summed E-state index contributed by atoms with van der Waals surface area (Å²) >= 11 is 1.76. The molecule has 1 amide bonds. The van der Waals surface area contributed by atoms with Gasteiger partial charge in [-0.15, -0.1) is 21.5 Å². The molecule has 0 aromatic carbocycles. The lowest BCUT2D eigenvalue weighted by molar-refractivity contribution is -0.141. The number of amides is 1. The first kappa shape index (κ1) is 14.8. The summed E-state index contributed by atoms with van der Waals surface area (Å²) in [7, 11) is 0. The third kappa shape index (κ3) is 2.79. The fraction of sp³-hybridized carbons (Fsp3) is 0.562. The van der Waals surface area contributed by atoms with Gasteiger partial charge < -0.3 is 14.1 Å². The van der Waals surface area contributed by atoms with E-state index in [0.717, 1.165) is 6.42 Å². The molecular weight excluding hydrogens is 314 g/mol. The summed E-state index contributed by atoms with van der Waals surface area (Å²) in [4.78, 5) is 16.0. The second kappa shape index (κ2) is 5.72. The van der Waals surface area contributed by atoms with Crippen LogP contribution in [0.3, 0.4) is 0 Å². The Bertz CT molecular complexity index is 726. The maximum absolute atomic E-state index is 12.8. The molecule has 23 heavy (non-hydrogen) atoms. The molecule has 0 N–H and O–H groups in total. The fourth-order valence-electron chi connectivity index (χ4n) is 3.20. The van der Waals surface area contributed by atoms with Gasteiger partial charge in [0, 0.05) is 30.2 Å². The van der Waals surface area contributed by atoms with E-state index in [-0.39, 0.29) is 17.9 Å². The number of rotatable bonds is 3. The average Bonchev–Trinajstić information content (AvgIpc) is 3.03. The Kier molecular flexibility index (Phi) is 3.69. The van der Waals surface area contributed by atoms with Crippen LogP contribution in [0.5, 0.6) is 0 Å². The van der Waals surface area contributed by atoms with Crippen LogP contribution in [0.1, 0.15) is 40.7 Å². The number of hydrogen-bond acceptors (Lipinski definition) is 6. The molecule has 1 aliphatic heterocycles. The van der Waals surface area contributed by atoms with Crippen LogP contribution in [-0.4, -0.2) is 40.7 Å². The Morgan fingerprint density at radius 3 is 2.96 bits per heavy atom. The Morgan fingerprint density at radius 2 is 2.26 bits per heavy atom. The van der Waals surface area contributed by atoms with Gasteiger partial charge in [-0.3, -0.25) is 4.79 Å². The number of carbonyl (C=O) groups excluding carboxylic acids is 1. The molecule has 2 aromatic heterocycles. The van der Waals surface area contributed by atoms with Crippen molar-refractivity contribution >= 4 is 17.2 Å². The van der Waals surface area contributed by atoms with E-state index in [1.807, 2.05) is 4.90 Å². The summed E-state index contributed by atoms with van der Waals surface area (Å²) in [5, 5.41) is 9.95. The summed E-state index contributed by atoms with van der Waals surface area (Å²) < 4.78 is 11.1. The van der Waals surface area contributed by atoms with Crippen LogP contribution in [0.15, 0.2) is 15.9 Å². The molecule has 0 radical (unpaired) electrons. The second-order valence-corrected chi connectivity index (χ2v) is 7.17. The van der Waals surface area contributed by atoms with Crippen LogP contribution in [0.25, 0.3) is 0 Å². The van der Waals surface area contributed by atoms with Gasteiger partial charge in [0.2, 0.25) is 17.7 Å². The Labute approximate surface area is 138 Å². The van der Waals surface area contributed by atoms with Crippen molar-refractivity contribution in [2.24, 2.45) is 5.92 Å². The first-order chi connectivity index (χ1) is 11.1. The first-order valence-electron chi connectivity index (χ1n) is 7.88. The number of nitrogens with zero attached hydrogens (tertiary/aromatic N) is 3. The maximum atomic E-state index is 12.8. The maximum Gasteiger partial charge on any atom is 0.246 e. The molecule has 3 heterocycles. The second-order valence-electron chi connectivity index (χ2n) is 6.22. The lowest BCUT2D eigenvalue weighted by atomic mass is 10.1. The Hall–Kier alpha value is -1.73. The number of aryl methyl sites for hydroxylation is 2. The zero-order valence-electron chi connectivity index (χ0n) is 13.2. The van der Waals surface area contributed by atoms with Gasteiger partial charge in [0.1, 0.15) is 0 Å².